The van der Waals surface area contributed by atoms with Crippen molar-refractivity contribution in [1.82, 2.24) is 4.98 Å². The van der Waals surface area contributed by atoms with Gasteiger partial charge in [-0.1, -0.05) is 0 Å². The molecule has 0 aliphatic carbocycles. The molecule has 2 aromatic rings. The Morgan fingerprint density at radius 3 is 2.40 bits per heavy atom. The summed E-state index contributed by atoms with van der Waals surface area (Å²) in [5.41, 5.74) is 5.92. The van der Waals surface area contributed by atoms with Crippen LogP contribution in [0.2, 0.25) is 0 Å². The third kappa shape index (κ3) is 2.47. The lowest BCUT2D eigenvalue weighted by atomic mass is 10.1. The van der Waals surface area contributed by atoms with E-state index in [0.717, 1.165) is 0 Å². The number of aromatic nitrogens is 1. The average molecular weight is 271 g/mol. The quantitative estimate of drug-likeness (QED) is 0.873. The molecule has 2 rings (SSSR count). The lowest BCUT2D eigenvalue weighted by molar-refractivity contribution is 0.581. The van der Waals surface area contributed by atoms with Gasteiger partial charge in [-0.05, 0) is 18.2 Å². The van der Waals surface area contributed by atoms with Crippen molar-refractivity contribution in [3.8, 4) is 12.1 Å². The van der Waals surface area contributed by atoms with Crippen LogP contribution in [-0.2, 0) is 0 Å². The fourth-order valence-corrected chi connectivity index (χ4v) is 1.52. The molecule has 0 fully saturated rings. The van der Waals surface area contributed by atoms with Gasteiger partial charge >= 0.3 is 0 Å². The number of benzene rings is 1. The van der Waals surface area contributed by atoms with E-state index in [1.54, 1.807) is 0 Å². The number of nitriles is 2. The van der Waals surface area contributed by atoms with Crippen molar-refractivity contribution in [3.63, 3.8) is 0 Å². The van der Waals surface area contributed by atoms with E-state index in [2.05, 4.69) is 10.3 Å². The summed E-state index contributed by atoms with van der Waals surface area (Å²) < 4.78 is 26.5. The SMILES string of the molecule is N#Cc1ccc(Nc2nc(N)c(F)cc2F)cc1C#N. The number of pyridine rings is 1. The van der Waals surface area contributed by atoms with Crippen molar-refractivity contribution in [2.75, 3.05) is 11.1 Å². The highest BCUT2D eigenvalue weighted by Crippen LogP contribution is 2.22. The van der Waals surface area contributed by atoms with Crippen LogP contribution in [0.1, 0.15) is 11.1 Å². The van der Waals surface area contributed by atoms with Crippen LogP contribution in [-0.4, -0.2) is 4.98 Å². The maximum absolute atomic E-state index is 13.5. The first-order chi connectivity index (χ1) is 9.55. The molecule has 0 aliphatic heterocycles. The minimum absolute atomic E-state index is 0.132. The van der Waals surface area contributed by atoms with Crippen molar-refractivity contribution < 1.29 is 8.78 Å². The summed E-state index contributed by atoms with van der Waals surface area (Å²) in [5, 5.41) is 20.2. The smallest absolute Gasteiger partial charge is 0.169 e. The van der Waals surface area contributed by atoms with Gasteiger partial charge in [0.15, 0.2) is 23.3 Å². The van der Waals surface area contributed by atoms with Crippen LogP contribution in [0.15, 0.2) is 24.3 Å². The number of anilines is 3. The van der Waals surface area contributed by atoms with Crippen LogP contribution in [0.4, 0.5) is 26.1 Å². The summed E-state index contributed by atoms with van der Waals surface area (Å²) in [6, 6.07) is 8.55. The van der Waals surface area contributed by atoms with Gasteiger partial charge in [0.05, 0.1) is 11.1 Å². The second kappa shape index (κ2) is 5.21. The molecule has 0 amide bonds. The number of nitrogens with zero attached hydrogens (tertiary/aromatic N) is 3. The Balaban J connectivity index is 2.39. The molecule has 0 atom stereocenters. The number of hydrogen-bond acceptors (Lipinski definition) is 5. The van der Waals surface area contributed by atoms with E-state index in [1.807, 2.05) is 12.1 Å². The number of rotatable bonds is 2. The van der Waals surface area contributed by atoms with Crippen molar-refractivity contribution in [2.24, 2.45) is 0 Å². The molecule has 20 heavy (non-hydrogen) atoms. The second-order valence-corrected chi connectivity index (χ2v) is 3.79. The van der Waals surface area contributed by atoms with Gasteiger partial charge in [0.2, 0.25) is 0 Å². The zero-order valence-corrected chi connectivity index (χ0v) is 9.98. The largest absolute Gasteiger partial charge is 0.381 e. The Kier molecular flexibility index (Phi) is 3.45. The van der Waals surface area contributed by atoms with Gasteiger partial charge in [0, 0.05) is 11.8 Å². The van der Waals surface area contributed by atoms with Gasteiger partial charge in [0.25, 0.3) is 0 Å². The molecular weight excluding hydrogens is 264 g/mol. The summed E-state index contributed by atoms with van der Waals surface area (Å²) in [4.78, 5) is 3.53. The molecule has 7 heteroatoms. The summed E-state index contributed by atoms with van der Waals surface area (Å²) in [5.74, 6) is -2.58. The fraction of sp³-hybridized carbons (Fsp3) is 0. The summed E-state index contributed by atoms with van der Waals surface area (Å²) in [7, 11) is 0. The predicted molar refractivity (Wildman–Crippen MR) is 67.7 cm³/mol. The van der Waals surface area contributed by atoms with Crippen LogP contribution in [0.3, 0.4) is 0 Å². The van der Waals surface area contributed by atoms with Gasteiger partial charge in [0.1, 0.15) is 12.1 Å². The maximum Gasteiger partial charge on any atom is 0.169 e. The minimum Gasteiger partial charge on any atom is -0.381 e. The Labute approximate surface area is 112 Å². The minimum atomic E-state index is -0.953. The van der Waals surface area contributed by atoms with E-state index in [0.29, 0.717) is 11.8 Å². The van der Waals surface area contributed by atoms with E-state index in [9.17, 15) is 8.78 Å². The molecule has 0 bridgehead atoms. The first-order valence-electron chi connectivity index (χ1n) is 5.38. The maximum atomic E-state index is 13.5. The Bertz CT molecular complexity index is 759. The Morgan fingerprint density at radius 1 is 1.05 bits per heavy atom. The first-order valence-corrected chi connectivity index (χ1v) is 5.38. The number of halogens is 2. The number of nitrogen functional groups attached to an aromatic ring is 1. The van der Waals surface area contributed by atoms with Crippen molar-refractivity contribution >= 4 is 17.3 Å². The van der Waals surface area contributed by atoms with Gasteiger partial charge in [-0.2, -0.15) is 10.5 Å². The molecule has 5 nitrogen and oxygen atoms in total. The highest BCUT2D eigenvalue weighted by Gasteiger charge is 2.11. The Hall–Kier alpha value is -3.19. The third-order valence-electron chi connectivity index (χ3n) is 2.48. The normalized spacial score (nSPS) is 9.60. The molecule has 98 valence electrons. The topological polar surface area (TPSA) is 98.5 Å². The third-order valence-corrected chi connectivity index (χ3v) is 2.48. The van der Waals surface area contributed by atoms with E-state index < -0.39 is 17.5 Å². The second-order valence-electron chi connectivity index (χ2n) is 3.79. The number of hydrogen-bond donors (Lipinski definition) is 2. The zero-order valence-electron chi connectivity index (χ0n) is 9.98. The molecule has 3 N–H and O–H groups in total. The summed E-state index contributed by atoms with van der Waals surface area (Å²) in [6.07, 6.45) is 0. The lowest BCUT2D eigenvalue weighted by Gasteiger charge is -2.08. The van der Waals surface area contributed by atoms with Gasteiger partial charge in [-0.3, -0.25) is 0 Å². The van der Waals surface area contributed by atoms with Gasteiger partial charge in [-0.25, -0.2) is 13.8 Å². The van der Waals surface area contributed by atoms with Gasteiger partial charge in [-0.15, -0.1) is 0 Å². The average Bonchev–Trinajstić information content (AvgIpc) is 2.44. The molecule has 0 saturated carbocycles. The van der Waals surface area contributed by atoms with E-state index in [-0.39, 0.29) is 16.9 Å². The summed E-state index contributed by atoms with van der Waals surface area (Å²) in [6.45, 7) is 0. The molecule has 0 radical (unpaired) electrons. The molecule has 1 aromatic heterocycles. The molecular formula is C13H7F2N5. The van der Waals surface area contributed by atoms with Gasteiger partial charge < -0.3 is 11.1 Å². The molecule has 0 spiro atoms. The van der Waals surface area contributed by atoms with Crippen molar-refractivity contribution in [3.05, 3.63) is 47.0 Å². The molecule has 0 aliphatic rings. The van der Waals surface area contributed by atoms with Crippen LogP contribution in [0, 0.1) is 34.3 Å². The fourth-order valence-electron chi connectivity index (χ4n) is 1.52. The Morgan fingerprint density at radius 2 is 1.75 bits per heavy atom. The van der Waals surface area contributed by atoms with Crippen LogP contribution >= 0.6 is 0 Å². The molecule has 1 heterocycles. The first kappa shape index (κ1) is 13.2. The van der Waals surface area contributed by atoms with E-state index in [4.69, 9.17) is 16.3 Å². The van der Waals surface area contributed by atoms with Crippen LogP contribution < -0.4 is 11.1 Å². The monoisotopic (exact) mass is 271 g/mol. The predicted octanol–water partition coefficient (Wildman–Crippen LogP) is 2.43. The standard InChI is InChI=1S/C13H7F2N5/c14-10-4-11(15)13(20-12(10)18)19-9-2-1-7(5-16)8(3-9)6-17/h1-4H,(H3,18,19,20). The number of nitrogens with one attached hydrogen (secondary N) is 1. The van der Waals surface area contributed by atoms with E-state index >= 15 is 0 Å². The lowest BCUT2D eigenvalue weighted by Crippen LogP contribution is -2.03. The zero-order chi connectivity index (χ0) is 14.7. The van der Waals surface area contributed by atoms with Crippen LogP contribution in [0.25, 0.3) is 0 Å². The highest BCUT2D eigenvalue weighted by molar-refractivity contribution is 5.63. The van der Waals surface area contributed by atoms with Crippen LogP contribution in [0.5, 0.6) is 0 Å². The molecule has 1 aromatic carbocycles. The van der Waals surface area contributed by atoms with Crippen molar-refractivity contribution in [2.45, 2.75) is 0 Å². The summed E-state index contributed by atoms with van der Waals surface area (Å²) >= 11 is 0. The molecule has 0 unspecified atom stereocenters. The highest BCUT2D eigenvalue weighted by atomic mass is 19.1. The van der Waals surface area contributed by atoms with E-state index in [1.165, 1.54) is 18.2 Å². The van der Waals surface area contributed by atoms with Crippen molar-refractivity contribution in [1.29, 1.82) is 10.5 Å². The number of nitrogens with two attached hydrogens (primary N) is 1. The molecule has 0 saturated heterocycles.